The molecule has 6 nitrogen and oxygen atoms in total. The Labute approximate surface area is 160 Å². The molecule has 2 heterocycles. The van der Waals surface area contributed by atoms with Crippen molar-refractivity contribution < 1.29 is 14.6 Å². The number of benzene rings is 1. The molecule has 1 atom stereocenters. The van der Waals surface area contributed by atoms with Crippen LogP contribution in [0.25, 0.3) is 11.0 Å². The van der Waals surface area contributed by atoms with Gasteiger partial charge in [-0.05, 0) is 52.7 Å². The molecule has 7 heteroatoms. The van der Waals surface area contributed by atoms with Gasteiger partial charge in [0.25, 0.3) is 0 Å². The van der Waals surface area contributed by atoms with Crippen LogP contribution < -0.4 is 14.8 Å². The van der Waals surface area contributed by atoms with Crippen molar-refractivity contribution >= 4 is 32.7 Å². The van der Waals surface area contributed by atoms with Crippen molar-refractivity contribution in [1.82, 2.24) is 9.97 Å². The van der Waals surface area contributed by atoms with Gasteiger partial charge in [0.1, 0.15) is 12.1 Å². The van der Waals surface area contributed by atoms with Crippen LogP contribution in [0.3, 0.4) is 0 Å². The van der Waals surface area contributed by atoms with E-state index in [1.54, 1.807) is 19.5 Å². The van der Waals surface area contributed by atoms with E-state index in [4.69, 9.17) is 14.6 Å². The smallest absolute Gasteiger partial charge is 0.161 e. The summed E-state index contributed by atoms with van der Waals surface area (Å²) in [6.07, 6.45) is 3.52. The number of aliphatic hydroxyl groups is 1. The lowest BCUT2D eigenvalue weighted by Gasteiger charge is -2.18. The fourth-order valence-electron chi connectivity index (χ4n) is 2.67. The third kappa shape index (κ3) is 4.05. The number of hydrogen-bond acceptors (Lipinski definition) is 6. The van der Waals surface area contributed by atoms with Crippen LogP contribution in [0.4, 0.5) is 5.69 Å². The highest BCUT2D eigenvalue weighted by atomic mass is 79.9. The number of ether oxygens (including phenoxy) is 2. The number of hydrogen-bond donors (Lipinski definition) is 2. The van der Waals surface area contributed by atoms with Crippen LogP contribution in [0.2, 0.25) is 0 Å². The largest absolute Gasteiger partial charge is 0.493 e. The number of aliphatic hydroxyl groups excluding tert-OH is 1. The first-order valence-electron chi connectivity index (χ1n) is 8.20. The highest BCUT2D eigenvalue weighted by Gasteiger charge is 2.13. The van der Waals surface area contributed by atoms with Gasteiger partial charge in [-0.2, -0.15) is 0 Å². The summed E-state index contributed by atoms with van der Waals surface area (Å²) >= 11 is 3.42. The van der Waals surface area contributed by atoms with Crippen molar-refractivity contribution in [2.75, 3.05) is 25.6 Å². The molecule has 2 aromatic heterocycles. The molecule has 1 unspecified atom stereocenters. The van der Waals surface area contributed by atoms with Crippen molar-refractivity contribution in [3.8, 4) is 11.5 Å². The number of halogens is 1. The maximum atomic E-state index is 8.91. The quantitative estimate of drug-likeness (QED) is 0.605. The second kappa shape index (κ2) is 8.33. The van der Waals surface area contributed by atoms with Gasteiger partial charge in [-0.1, -0.05) is 6.07 Å². The van der Waals surface area contributed by atoms with Crippen LogP contribution in [0, 0.1) is 0 Å². The Balaban J connectivity index is 1.85. The molecule has 136 valence electrons. The summed E-state index contributed by atoms with van der Waals surface area (Å²) in [7, 11) is 1.60. The van der Waals surface area contributed by atoms with Gasteiger partial charge in [-0.15, -0.1) is 0 Å². The average Bonchev–Trinajstić information content (AvgIpc) is 2.66. The number of pyridine rings is 2. The van der Waals surface area contributed by atoms with Crippen molar-refractivity contribution in [2.45, 2.75) is 13.0 Å². The summed E-state index contributed by atoms with van der Waals surface area (Å²) in [5, 5.41) is 12.4. The molecular formula is C19H20BrN3O3. The average molecular weight is 418 g/mol. The zero-order valence-corrected chi connectivity index (χ0v) is 16.2. The second-order valence-corrected chi connectivity index (χ2v) is 6.64. The van der Waals surface area contributed by atoms with Gasteiger partial charge >= 0.3 is 0 Å². The van der Waals surface area contributed by atoms with E-state index in [1.165, 1.54) is 0 Å². The molecule has 3 rings (SSSR count). The van der Waals surface area contributed by atoms with Gasteiger partial charge in [-0.25, -0.2) is 0 Å². The van der Waals surface area contributed by atoms with Crippen LogP contribution in [-0.4, -0.2) is 35.4 Å². The Kier molecular flexibility index (Phi) is 5.90. The summed E-state index contributed by atoms with van der Waals surface area (Å²) in [6, 6.07) is 9.62. The Bertz CT molecular complexity index is 904. The van der Waals surface area contributed by atoms with Crippen LogP contribution in [-0.2, 0) is 0 Å². The first-order chi connectivity index (χ1) is 12.6. The predicted octanol–water partition coefficient (Wildman–Crippen LogP) is 3.95. The monoisotopic (exact) mass is 417 g/mol. The van der Waals surface area contributed by atoms with E-state index in [1.807, 2.05) is 30.3 Å². The SMILES string of the molecule is COc1cc(C(C)Nc2ccnc3cc(Br)cnc23)ccc1OCCO. The second-order valence-electron chi connectivity index (χ2n) is 5.73. The van der Waals surface area contributed by atoms with E-state index in [0.717, 1.165) is 26.8 Å². The van der Waals surface area contributed by atoms with E-state index in [9.17, 15) is 0 Å². The minimum Gasteiger partial charge on any atom is -0.493 e. The summed E-state index contributed by atoms with van der Waals surface area (Å²) in [5.41, 5.74) is 3.59. The number of methoxy groups -OCH3 is 1. The van der Waals surface area contributed by atoms with Crippen LogP contribution in [0.5, 0.6) is 11.5 Å². The van der Waals surface area contributed by atoms with E-state index in [2.05, 4.69) is 38.1 Å². The standard InChI is InChI=1S/C19H20BrN3O3/c1-12(13-3-4-17(26-8-7-24)18(9-13)25-2)23-15-5-6-21-16-10-14(20)11-22-19(15)16/h3-6,9-12,24H,7-8H2,1-2H3,(H,21,23). The fraction of sp³-hybridized carbons (Fsp3) is 0.263. The van der Waals surface area contributed by atoms with Crippen molar-refractivity contribution in [1.29, 1.82) is 0 Å². The number of fused-ring (bicyclic) bond motifs is 1. The molecule has 3 aromatic rings. The summed E-state index contributed by atoms with van der Waals surface area (Å²) in [4.78, 5) is 8.83. The molecule has 0 saturated carbocycles. The van der Waals surface area contributed by atoms with Gasteiger partial charge in [0.05, 0.1) is 24.9 Å². The maximum absolute atomic E-state index is 8.91. The van der Waals surface area contributed by atoms with Gasteiger partial charge in [0, 0.05) is 22.9 Å². The van der Waals surface area contributed by atoms with Gasteiger partial charge in [0.15, 0.2) is 11.5 Å². The summed E-state index contributed by atoms with van der Waals surface area (Å²) < 4.78 is 11.8. The topological polar surface area (TPSA) is 76.5 Å². The number of nitrogens with zero attached hydrogens (tertiary/aromatic N) is 2. The Morgan fingerprint density at radius 3 is 2.81 bits per heavy atom. The lowest BCUT2D eigenvalue weighted by molar-refractivity contribution is 0.196. The van der Waals surface area contributed by atoms with Gasteiger partial charge in [-0.3, -0.25) is 9.97 Å². The first-order valence-corrected chi connectivity index (χ1v) is 9.00. The van der Waals surface area contributed by atoms with Crippen molar-refractivity contribution in [3.63, 3.8) is 0 Å². The Morgan fingerprint density at radius 1 is 1.19 bits per heavy atom. The van der Waals surface area contributed by atoms with Crippen LogP contribution >= 0.6 is 15.9 Å². The zero-order chi connectivity index (χ0) is 18.5. The molecule has 0 spiro atoms. The Morgan fingerprint density at radius 2 is 2.04 bits per heavy atom. The molecule has 0 bridgehead atoms. The minimum absolute atomic E-state index is 0.0202. The maximum Gasteiger partial charge on any atom is 0.161 e. The number of anilines is 1. The lowest BCUT2D eigenvalue weighted by atomic mass is 10.1. The van der Waals surface area contributed by atoms with Crippen molar-refractivity contribution in [3.05, 3.63) is 52.8 Å². The van der Waals surface area contributed by atoms with Crippen LogP contribution in [0.1, 0.15) is 18.5 Å². The zero-order valence-electron chi connectivity index (χ0n) is 14.6. The number of rotatable bonds is 7. The van der Waals surface area contributed by atoms with Gasteiger partial charge in [0.2, 0.25) is 0 Å². The normalized spacial score (nSPS) is 12.0. The molecule has 26 heavy (non-hydrogen) atoms. The molecule has 1 aromatic carbocycles. The Hall–Kier alpha value is -2.38. The molecule has 0 saturated heterocycles. The predicted molar refractivity (Wildman–Crippen MR) is 105 cm³/mol. The molecule has 0 aliphatic carbocycles. The van der Waals surface area contributed by atoms with Gasteiger partial charge < -0.3 is 19.9 Å². The molecular weight excluding hydrogens is 398 g/mol. The molecule has 0 fully saturated rings. The third-order valence-electron chi connectivity index (χ3n) is 3.95. The first kappa shape index (κ1) is 18.4. The van der Waals surface area contributed by atoms with Crippen LogP contribution in [0.15, 0.2) is 47.2 Å². The fourth-order valence-corrected chi connectivity index (χ4v) is 2.99. The number of aromatic nitrogens is 2. The van der Waals surface area contributed by atoms with Crippen molar-refractivity contribution in [2.24, 2.45) is 0 Å². The minimum atomic E-state index is -0.0406. The lowest BCUT2D eigenvalue weighted by Crippen LogP contribution is -2.09. The summed E-state index contributed by atoms with van der Waals surface area (Å²) in [5.74, 6) is 1.24. The highest BCUT2D eigenvalue weighted by molar-refractivity contribution is 9.10. The van der Waals surface area contributed by atoms with E-state index in [0.29, 0.717) is 11.5 Å². The molecule has 0 radical (unpaired) electrons. The third-order valence-corrected chi connectivity index (χ3v) is 4.39. The summed E-state index contributed by atoms with van der Waals surface area (Å²) in [6.45, 7) is 2.25. The molecule has 2 N–H and O–H groups in total. The highest BCUT2D eigenvalue weighted by Crippen LogP contribution is 2.32. The van der Waals surface area contributed by atoms with E-state index in [-0.39, 0.29) is 19.3 Å². The van der Waals surface area contributed by atoms with E-state index >= 15 is 0 Å². The number of nitrogens with one attached hydrogen (secondary N) is 1. The van der Waals surface area contributed by atoms with E-state index < -0.39 is 0 Å². The molecule has 0 aliphatic rings. The molecule has 0 aliphatic heterocycles. The molecule has 0 amide bonds.